The van der Waals surface area contributed by atoms with Crippen LogP contribution in [0.1, 0.15) is 24.0 Å². The summed E-state index contributed by atoms with van der Waals surface area (Å²) in [5.41, 5.74) is 3.21. The molecule has 1 aliphatic carbocycles. The standard InChI is InChI=1S/C26H31N3O6/c1-26(24(31)32)15-34-14-22(26)28-23(30)21(12-29(2)3)27-25(33)35-13-20-18-10-6-4-8-16(18)17-9-5-7-11-19(17)20/h4-11,20-22H,12-15H2,1-3H3,(H,27,33)(H,28,30)(H,31,32). The lowest BCUT2D eigenvalue weighted by Gasteiger charge is -2.28. The summed E-state index contributed by atoms with van der Waals surface area (Å²) < 4.78 is 10.9. The fourth-order valence-electron chi connectivity index (χ4n) is 4.70. The molecule has 0 saturated carbocycles. The lowest BCUT2D eigenvalue weighted by atomic mass is 9.85. The Morgan fingerprint density at radius 3 is 2.29 bits per heavy atom. The zero-order valence-corrected chi connectivity index (χ0v) is 20.1. The van der Waals surface area contributed by atoms with E-state index < -0.39 is 35.5 Å². The Balaban J connectivity index is 1.41. The van der Waals surface area contributed by atoms with Gasteiger partial charge in [-0.1, -0.05) is 48.5 Å². The molecule has 4 rings (SSSR count). The predicted molar refractivity (Wildman–Crippen MR) is 129 cm³/mol. The highest BCUT2D eigenvalue weighted by atomic mass is 16.5. The number of carboxylic acid groups (broad SMARTS) is 1. The van der Waals surface area contributed by atoms with Crippen LogP contribution in [0.15, 0.2) is 48.5 Å². The van der Waals surface area contributed by atoms with Crippen LogP contribution < -0.4 is 10.6 Å². The van der Waals surface area contributed by atoms with E-state index in [1.165, 1.54) is 6.92 Å². The van der Waals surface area contributed by atoms with E-state index >= 15 is 0 Å². The number of aliphatic carboxylic acids is 1. The first-order chi connectivity index (χ1) is 16.7. The third-order valence-corrected chi connectivity index (χ3v) is 6.76. The Bertz CT molecular complexity index is 1070. The van der Waals surface area contributed by atoms with E-state index in [9.17, 15) is 19.5 Å². The fraction of sp³-hybridized carbons (Fsp3) is 0.423. The van der Waals surface area contributed by atoms with Crippen LogP contribution in [0.2, 0.25) is 0 Å². The summed E-state index contributed by atoms with van der Waals surface area (Å²) >= 11 is 0. The highest BCUT2D eigenvalue weighted by Crippen LogP contribution is 2.44. The van der Waals surface area contributed by atoms with E-state index in [2.05, 4.69) is 22.8 Å². The third kappa shape index (κ3) is 5.01. The minimum Gasteiger partial charge on any atom is -0.481 e. The molecule has 0 radical (unpaired) electrons. The largest absolute Gasteiger partial charge is 0.481 e. The van der Waals surface area contributed by atoms with E-state index in [-0.39, 0.29) is 32.3 Å². The Morgan fingerprint density at radius 2 is 1.71 bits per heavy atom. The van der Waals surface area contributed by atoms with Crippen LogP contribution in [0, 0.1) is 5.41 Å². The van der Waals surface area contributed by atoms with E-state index in [4.69, 9.17) is 9.47 Å². The number of likely N-dealkylation sites (N-methyl/N-ethyl adjacent to an activating group) is 1. The van der Waals surface area contributed by atoms with Crippen LogP contribution in [0.5, 0.6) is 0 Å². The minimum absolute atomic E-state index is 0.00539. The van der Waals surface area contributed by atoms with Gasteiger partial charge in [0.25, 0.3) is 0 Å². The van der Waals surface area contributed by atoms with E-state index in [1.807, 2.05) is 36.4 Å². The summed E-state index contributed by atoms with van der Waals surface area (Å²) in [6, 6.07) is 14.5. The molecule has 2 amide bonds. The molecule has 0 aromatic heterocycles. The van der Waals surface area contributed by atoms with Crippen molar-refractivity contribution in [3.8, 4) is 11.1 Å². The Kier molecular flexibility index (Phi) is 7.09. The number of hydrogen-bond donors (Lipinski definition) is 3. The number of fused-ring (bicyclic) bond motifs is 3. The number of carboxylic acids is 1. The van der Waals surface area contributed by atoms with Gasteiger partial charge in [0.1, 0.15) is 18.1 Å². The molecule has 0 bridgehead atoms. The van der Waals surface area contributed by atoms with Crippen molar-refractivity contribution in [1.82, 2.24) is 15.5 Å². The Hall–Kier alpha value is -3.43. The van der Waals surface area contributed by atoms with Gasteiger partial charge in [-0.3, -0.25) is 9.59 Å². The number of carbonyl (C=O) groups excluding carboxylic acids is 2. The zero-order chi connectivity index (χ0) is 25.2. The SMILES string of the molecule is CN(C)CC(NC(=O)OCC1c2ccccc2-c2ccccc21)C(=O)NC1COCC1(C)C(=O)O. The summed E-state index contributed by atoms with van der Waals surface area (Å²) in [4.78, 5) is 39.2. The normalized spacial score (nSPS) is 21.8. The number of rotatable bonds is 8. The lowest BCUT2D eigenvalue weighted by molar-refractivity contribution is -0.149. The molecule has 35 heavy (non-hydrogen) atoms. The second-order valence-corrected chi connectivity index (χ2v) is 9.58. The quantitative estimate of drug-likeness (QED) is 0.528. The first kappa shape index (κ1) is 24.7. The number of carbonyl (C=O) groups is 3. The molecule has 2 aliphatic rings. The van der Waals surface area contributed by atoms with Crippen LogP contribution in [-0.2, 0) is 19.1 Å². The van der Waals surface area contributed by atoms with Crippen molar-refractivity contribution >= 4 is 18.0 Å². The summed E-state index contributed by atoms with van der Waals surface area (Å²) in [7, 11) is 3.56. The molecule has 2 aromatic rings. The van der Waals surface area contributed by atoms with Crippen molar-refractivity contribution in [3.63, 3.8) is 0 Å². The van der Waals surface area contributed by atoms with Crippen LogP contribution in [-0.4, -0.2) is 80.5 Å². The van der Waals surface area contributed by atoms with Gasteiger partial charge in [0, 0.05) is 12.5 Å². The van der Waals surface area contributed by atoms with E-state index in [1.54, 1.807) is 19.0 Å². The molecule has 2 aromatic carbocycles. The van der Waals surface area contributed by atoms with Gasteiger partial charge in [-0.25, -0.2) is 4.79 Å². The lowest BCUT2D eigenvalue weighted by Crippen LogP contribution is -2.57. The Morgan fingerprint density at radius 1 is 1.11 bits per heavy atom. The second-order valence-electron chi connectivity index (χ2n) is 9.58. The number of alkyl carbamates (subject to hydrolysis) is 1. The van der Waals surface area contributed by atoms with Crippen LogP contribution in [0.3, 0.4) is 0 Å². The number of benzene rings is 2. The first-order valence-electron chi connectivity index (χ1n) is 11.6. The molecule has 3 atom stereocenters. The van der Waals surface area contributed by atoms with Crippen molar-refractivity contribution in [3.05, 3.63) is 59.7 Å². The minimum atomic E-state index is -1.23. The number of hydrogen-bond acceptors (Lipinski definition) is 6. The van der Waals surface area contributed by atoms with E-state index in [0.717, 1.165) is 22.3 Å². The van der Waals surface area contributed by atoms with Gasteiger partial charge in [-0.2, -0.15) is 0 Å². The van der Waals surface area contributed by atoms with Gasteiger partial charge in [-0.05, 0) is 43.3 Å². The molecule has 186 valence electrons. The van der Waals surface area contributed by atoms with Gasteiger partial charge in [0.2, 0.25) is 5.91 Å². The molecule has 1 saturated heterocycles. The monoisotopic (exact) mass is 481 g/mol. The smallest absolute Gasteiger partial charge is 0.407 e. The molecular formula is C26H31N3O6. The maximum atomic E-state index is 13.0. The summed E-state index contributed by atoms with van der Waals surface area (Å²) in [5.74, 6) is -1.63. The molecular weight excluding hydrogens is 450 g/mol. The molecule has 3 N–H and O–H groups in total. The van der Waals surface area contributed by atoms with Gasteiger partial charge < -0.3 is 30.1 Å². The molecule has 1 fully saturated rings. The summed E-state index contributed by atoms with van der Waals surface area (Å²) in [6.07, 6.45) is -0.711. The van der Waals surface area contributed by atoms with Gasteiger partial charge >= 0.3 is 12.1 Å². The maximum absolute atomic E-state index is 13.0. The molecule has 9 heteroatoms. The van der Waals surface area contributed by atoms with Crippen LogP contribution in [0.25, 0.3) is 11.1 Å². The number of nitrogens with one attached hydrogen (secondary N) is 2. The van der Waals surface area contributed by atoms with Crippen molar-refractivity contribution < 1.29 is 29.0 Å². The second kappa shape index (κ2) is 10.1. The third-order valence-electron chi connectivity index (χ3n) is 6.76. The molecule has 1 heterocycles. The molecule has 0 spiro atoms. The van der Waals surface area contributed by atoms with Crippen molar-refractivity contribution in [2.75, 3.05) is 40.5 Å². The van der Waals surface area contributed by atoms with Crippen molar-refractivity contribution in [1.29, 1.82) is 0 Å². The molecule has 1 aliphatic heterocycles. The summed E-state index contributed by atoms with van der Waals surface area (Å²) in [5, 5.41) is 15.0. The number of ether oxygens (including phenoxy) is 2. The van der Waals surface area contributed by atoms with Gasteiger partial charge in [0.05, 0.1) is 19.3 Å². The highest BCUT2D eigenvalue weighted by molar-refractivity contribution is 5.87. The van der Waals surface area contributed by atoms with Gasteiger partial charge in [0.15, 0.2) is 0 Å². The maximum Gasteiger partial charge on any atom is 0.407 e. The highest BCUT2D eigenvalue weighted by Gasteiger charge is 2.48. The predicted octanol–water partition coefficient (Wildman–Crippen LogP) is 2.06. The van der Waals surface area contributed by atoms with Crippen molar-refractivity contribution in [2.24, 2.45) is 5.41 Å². The molecule has 3 unspecified atom stereocenters. The first-order valence-corrected chi connectivity index (χ1v) is 11.6. The van der Waals surface area contributed by atoms with Crippen LogP contribution in [0.4, 0.5) is 4.79 Å². The van der Waals surface area contributed by atoms with Gasteiger partial charge in [-0.15, -0.1) is 0 Å². The zero-order valence-electron chi connectivity index (χ0n) is 20.1. The average Bonchev–Trinajstić information content (AvgIpc) is 3.35. The average molecular weight is 482 g/mol. The Labute approximate surface area is 204 Å². The van der Waals surface area contributed by atoms with Crippen LogP contribution >= 0.6 is 0 Å². The summed E-state index contributed by atoms with van der Waals surface area (Å²) in [6.45, 7) is 1.98. The molecule has 9 nitrogen and oxygen atoms in total. The number of amides is 2. The topological polar surface area (TPSA) is 117 Å². The fourth-order valence-corrected chi connectivity index (χ4v) is 4.70. The number of nitrogens with zero attached hydrogens (tertiary/aromatic N) is 1. The van der Waals surface area contributed by atoms with E-state index in [0.29, 0.717) is 0 Å². The van der Waals surface area contributed by atoms with Crippen molar-refractivity contribution in [2.45, 2.75) is 24.9 Å².